The predicted molar refractivity (Wildman–Crippen MR) is 129 cm³/mol. The highest BCUT2D eigenvalue weighted by Gasteiger charge is 2.36. The van der Waals surface area contributed by atoms with Gasteiger partial charge < -0.3 is 14.0 Å². The smallest absolute Gasteiger partial charge is 0.254 e. The minimum atomic E-state index is 0.136. The SMILES string of the molecule is C=Cc1c(/C=C\C)c2c3c(c4c5ccccc5n5c4c2n1CCC5CC)C(=O)N(C)C3. The summed E-state index contributed by atoms with van der Waals surface area (Å²) in [5.74, 6) is 0.136. The molecule has 0 aliphatic carbocycles. The lowest BCUT2D eigenvalue weighted by Gasteiger charge is -2.18. The number of nitrogens with zero attached hydrogens (tertiary/aromatic N) is 3. The van der Waals surface area contributed by atoms with Gasteiger partial charge in [-0.2, -0.15) is 0 Å². The molecule has 4 nitrogen and oxygen atoms in total. The summed E-state index contributed by atoms with van der Waals surface area (Å²) in [7, 11) is 1.92. The monoisotopic (exact) mass is 409 g/mol. The molecule has 1 amide bonds. The fourth-order valence-electron chi connectivity index (χ4n) is 6.09. The molecule has 2 aromatic carbocycles. The van der Waals surface area contributed by atoms with Gasteiger partial charge in [0.1, 0.15) is 0 Å². The van der Waals surface area contributed by atoms with E-state index in [4.69, 9.17) is 0 Å². The Morgan fingerprint density at radius 1 is 1.19 bits per heavy atom. The van der Waals surface area contributed by atoms with Gasteiger partial charge in [0.05, 0.1) is 16.6 Å². The maximum Gasteiger partial charge on any atom is 0.254 e. The lowest BCUT2D eigenvalue weighted by atomic mass is 9.96. The number of para-hydroxylation sites is 1. The van der Waals surface area contributed by atoms with Crippen LogP contribution in [0.15, 0.2) is 36.9 Å². The Morgan fingerprint density at radius 2 is 2.00 bits per heavy atom. The highest BCUT2D eigenvalue weighted by atomic mass is 16.2. The Hall–Kier alpha value is -3.27. The lowest BCUT2D eigenvalue weighted by molar-refractivity contribution is 0.0818. The summed E-state index contributed by atoms with van der Waals surface area (Å²) in [6.07, 6.45) is 8.41. The first-order valence-electron chi connectivity index (χ1n) is 11.3. The van der Waals surface area contributed by atoms with Crippen LogP contribution in [-0.2, 0) is 13.1 Å². The Morgan fingerprint density at radius 3 is 2.74 bits per heavy atom. The molecule has 0 spiro atoms. The van der Waals surface area contributed by atoms with Gasteiger partial charge in [-0.15, -0.1) is 0 Å². The number of hydrogen-bond donors (Lipinski definition) is 0. The maximum absolute atomic E-state index is 13.5. The van der Waals surface area contributed by atoms with E-state index in [2.05, 4.69) is 66.0 Å². The summed E-state index contributed by atoms with van der Waals surface area (Å²) < 4.78 is 5.00. The summed E-state index contributed by atoms with van der Waals surface area (Å²) in [5.41, 5.74) is 8.16. The van der Waals surface area contributed by atoms with Crippen molar-refractivity contribution in [3.63, 3.8) is 0 Å². The molecule has 1 unspecified atom stereocenters. The van der Waals surface area contributed by atoms with E-state index in [9.17, 15) is 4.79 Å². The summed E-state index contributed by atoms with van der Waals surface area (Å²) in [6, 6.07) is 9.03. The van der Waals surface area contributed by atoms with E-state index in [1.807, 2.05) is 18.0 Å². The third kappa shape index (κ3) is 2.12. The number of hydrogen-bond acceptors (Lipinski definition) is 1. The van der Waals surface area contributed by atoms with Crippen LogP contribution in [0.4, 0.5) is 0 Å². The molecule has 1 atom stereocenters. The first-order chi connectivity index (χ1) is 15.1. The van der Waals surface area contributed by atoms with Crippen molar-refractivity contribution in [2.24, 2.45) is 0 Å². The van der Waals surface area contributed by atoms with Crippen molar-refractivity contribution in [1.82, 2.24) is 14.0 Å². The number of fused-ring (bicyclic) bond motifs is 6. The van der Waals surface area contributed by atoms with E-state index in [1.165, 1.54) is 44.1 Å². The van der Waals surface area contributed by atoms with Crippen molar-refractivity contribution < 1.29 is 4.79 Å². The summed E-state index contributed by atoms with van der Waals surface area (Å²) in [4.78, 5) is 15.3. The highest BCUT2D eigenvalue weighted by Crippen LogP contribution is 2.48. The first kappa shape index (κ1) is 18.5. The molecule has 0 saturated carbocycles. The number of aromatic nitrogens is 2. The molecule has 0 fully saturated rings. The van der Waals surface area contributed by atoms with Gasteiger partial charge in [-0.1, -0.05) is 43.9 Å². The maximum atomic E-state index is 13.5. The van der Waals surface area contributed by atoms with Crippen molar-refractivity contribution in [2.45, 2.75) is 45.8 Å². The average Bonchev–Trinajstić information content (AvgIpc) is 3.33. The number of aryl methyl sites for hydroxylation is 1. The van der Waals surface area contributed by atoms with Gasteiger partial charge in [-0.05, 0) is 37.5 Å². The number of carbonyl (C=O) groups is 1. The van der Waals surface area contributed by atoms with Crippen LogP contribution in [0.25, 0.3) is 44.9 Å². The van der Waals surface area contributed by atoms with Gasteiger partial charge in [0.25, 0.3) is 5.91 Å². The number of allylic oxidation sites excluding steroid dienone is 1. The van der Waals surface area contributed by atoms with E-state index >= 15 is 0 Å². The number of rotatable bonds is 3. The van der Waals surface area contributed by atoms with Gasteiger partial charge in [0.15, 0.2) is 0 Å². The largest absolute Gasteiger partial charge is 0.339 e. The number of amides is 1. The fourth-order valence-corrected chi connectivity index (χ4v) is 6.09. The molecule has 4 heterocycles. The molecule has 4 aromatic rings. The molecule has 0 saturated heterocycles. The van der Waals surface area contributed by atoms with E-state index in [0.29, 0.717) is 12.6 Å². The van der Waals surface area contributed by atoms with E-state index in [0.717, 1.165) is 30.3 Å². The van der Waals surface area contributed by atoms with Crippen LogP contribution in [-0.4, -0.2) is 27.0 Å². The van der Waals surface area contributed by atoms with Crippen molar-refractivity contribution in [3.05, 3.63) is 59.3 Å². The van der Waals surface area contributed by atoms with Crippen LogP contribution >= 0.6 is 0 Å². The standard InChI is InChI=1S/C27H27N3O/c1-5-10-17-20(7-3)29-14-13-16(6-2)30-21-12-9-8-11-18(21)23-24-19(15-28(4)27(24)31)22(17)25(29)26(23)30/h5,7-12,16H,3,6,13-15H2,1-2,4H3/b10-5-. The van der Waals surface area contributed by atoms with E-state index < -0.39 is 0 Å². The molecule has 156 valence electrons. The quantitative estimate of drug-likeness (QED) is 0.387. The third-order valence-corrected chi connectivity index (χ3v) is 7.34. The molecule has 6 rings (SSSR count). The van der Waals surface area contributed by atoms with Gasteiger partial charge in [0, 0.05) is 59.1 Å². The number of benzene rings is 2. The summed E-state index contributed by atoms with van der Waals surface area (Å²) >= 11 is 0. The van der Waals surface area contributed by atoms with Crippen LogP contribution in [0.5, 0.6) is 0 Å². The molecule has 2 aliphatic heterocycles. The average molecular weight is 410 g/mol. The second kappa shape index (κ2) is 6.36. The molecule has 2 aliphatic rings. The zero-order valence-corrected chi connectivity index (χ0v) is 18.4. The van der Waals surface area contributed by atoms with Crippen molar-refractivity contribution >= 4 is 50.8 Å². The third-order valence-electron chi connectivity index (χ3n) is 7.34. The van der Waals surface area contributed by atoms with Crippen LogP contribution in [0, 0.1) is 0 Å². The predicted octanol–water partition coefficient (Wildman–Crippen LogP) is 6.37. The Bertz CT molecular complexity index is 1460. The second-order valence-corrected chi connectivity index (χ2v) is 8.85. The Balaban J connectivity index is 2.00. The zero-order valence-electron chi connectivity index (χ0n) is 18.4. The zero-order chi connectivity index (χ0) is 21.4. The first-order valence-corrected chi connectivity index (χ1v) is 11.3. The highest BCUT2D eigenvalue weighted by molar-refractivity contribution is 6.28. The van der Waals surface area contributed by atoms with Crippen LogP contribution < -0.4 is 0 Å². The van der Waals surface area contributed by atoms with E-state index in [-0.39, 0.29) is 5.91 Å². The van der Waals surface area contributed by atoms with Crippen LogP contribution in [0.2, 0.25) is 0 Å². The van der Waals surface area contributed by atoms with Crippen molar-refractivity contribution in [3.8, 4) is 0 Å². The Kier molecular flexibility index (Phi) is 3.80. The topological polar surface area (TPSA) is 30.2 Å². The normalized spacial score (nSPS) is 18.2. The molecule has 4 heteroatoms. The Labute approximate surface area is 182 Å². The molecule has 31 heavy (non-hydrogen) atoms. The fraction of sp³-hybridized carbons (Fsp3) is 0.296. The summed E-state index contributed by atoms with van der Waals surface area (Å²) in [6.45, 7) is 10.1. The van der Waals surface area contributed by atoms with Gasteiger partial charge >= 0.3 is 0 Å². The van der Waals surface area contributed by atoms with Crippen LogP contribution in [0.3, 0.4) is 0 Å². The molecular formula is C27H27N3O. The molecule has 0 N–H and O–H groups in total. The van der Waals surface area contributed by atoms with Gasteiger partial charge in [-0.25, -0.2) is 0 Å². The van der Waals surface area contributed by atoms with E-state index in [1.54, 1.807) is 0 Å². The molecule has 0 bridgehead atoms. The minimum absolute atomic E-state index is 0.136. The second-order valence-electron chi connectivity index (χ2n) is 8.85. The summed E-state index contributed by atoms with van der Waals surface area (Å²) in [5, 5.41) is 3.56. The molecule has 2 aromatic heterocycles. The van der Waals surface area contributed by atoms with Gasteiger partial charge in [0.2, 0.25) is 0 Å². The number of carbonyl (C=O) groups excluding carboxylic acids is 1. The van der Waals surface area contributed by atoms with Crippen molar-refractivity contribution in [2.75, 3.05) is 7.05 Å². The lowest BCUT2D eigenvalue weighted by Crippen LogP contribution is -2.17. The molecular weight excluding hydrogens is 382 g/mol. The minimum Gasteiger partial charge on any atom is -0.339 e. The van der Waals surface area contributed by atoms with Crippen molar-refractivity contribution in [1.29, 1.82) is 0 Å². The van der Waals surface area contributed by atoms with Gasteiger partial charge in [-0.3, -0.25) is 4.79 Å². The van der Waals surface area contributed by atoms with Crippen LogP contribution in [0.1, 0.15) is 59.9 Å². The molecule has 0 radical (unpaired) electrons.